The Bertz CT molecular complexity index is 1070. The van der Waals surface area contributed by atoms with Crippen LogP contribution >= 0.6 is 23.2 Å². The molecule has 0 saturated carbocycles. The van der Waals surface area contributed by atoms with Crippen LogP contribution in [0.25, 0.3) is 6.08 Å². The van der Waals surface area contributed by atoms with E-state index >= 15 is 0 Å². The summed E-state index contributed by atoms with van der Waals surface area (Å²) in [5.41, 5.74) is 1.51. The molecule has 0 N–H and O–H groups in total. The van der Waals surface area contributed by atoms with Gasteiger partial charge < -0.3 is 9.47 Å². The topological polar surface area (TPSA) is 35.5 Å². The van der Waals surface area contributed by atoms with Gasteiger partial charge in [-0.1, -0.05) is 41.4 Å². The minimum absolute atomic E-state index is 0.0360. The number of carbonyl (C=O) groups excluding carboxylic acids is 1. The van der Waals surface area contributed by atoms with Crippen LogP contribution in [0.3, 0.4) is 0 Å². The first-order valence-corrected chi connectivity index (χ1v) is 9.16. The number of carbonyl (C=O) groups is 1. The average molecular weight is 415 g/mol. The predicted molar refractivity (Wildman–Crippen MR) is 107 cm³/mol. The van der Waals surface area contributed by atoms with Crippen LogP contribution in [-0.2, 0) is 6.61 Å². The van der Waals surface area contributed by atoms with E-state index in [9.17, 15) is 9.18 Å². The molecule has 1 heterocycles. The lowest BCUT2D eigenvalue weighted by Gasteiger charge is -2.09. The molecule has 0 aliphatic carbocycles. The van der Waals surface area contributed by atoms with E-state index in [-0.39, 0.29) is 23.7 Å². The third-order valence-electron chi connectivity index (χ3n) is 4.25. The van der Waals surface area contributed by atoms with E-state index in [4.69, 9.17) is 32.7 Å². The molecule has 0 bridgehead atoms. The zero-order chi connectivity index (χ0) is 19.7. The lowest BCUT2D eigenvalue weighted by molar-refractivity contribution is 0.101. The van der Waals surface area contributed by atoms with Gasteiger partial charge in [0.15, 0.2) is 5.76 Å². The summed E-state index contributed by atoms with van der Waals surface area (Å²) in [6.45, 7) is -0.0360. The molecule has 0 unspecified atom stereocenters. The van der Waals surface area contributed by atoms with Gasteiger partial charge in [0.25, 0.3) is 0 Å². The molecule has 3 nitrogen and oxygen atoms in total. The summed E-state index contributed by atoms with van der Waals surface area (Å²) >= 11 is 11.9. The van der Waals surface area contributed by atoms with Crippen LogP contribution in [0.2, 0.25) is 10.0 Å². The van der Waals surface area contributed by atoms with Gasteiger partial charge in [0.2, 0.25) is 5.78 Å². The molecule has 0 spiro atoms. The average Bonchev–Trinajstić information content (AvgIpc) is 2.98. The number of Topliss-reactive ketones (excluding diaryl/α,β-unsaturated/α-hetero) is 1. The van der Waals surface area contributed by atoms with Crippen LogP contribution in [-0.4, -0.2) is 5.78 Å². The van der Waals surface area contributed by atoms with E-state index in [0.29, 0.717) is 27.1 Å². The molecule has 28 heavy (non-hydrogen) atoms. The number of rotatable bonds is 4. The Labute approximate surface area is 170 Å². The summed E-state index contributed by atoms with van der Waals surface area (Å²) < 4.78 is 25.2. The Balaban J connectivity index is 1.53. The van der Waals surface area contributed by atoms with E-state index in [1.165, 1.54) is 12.1 Å². The van der Waals surface area contributed by atoms with Gasteiger partial charge in [-0.2, -0.15) is 0 Å². The van der Waals surface area contributed by atoms with Crippen molar-refractivity contribution in [2.24, 2.45) is 0 Å². The molecular formula is C22H13Cl2FO3. The van der Waals surface area contributed by atoms with Crippen LogP contribution in [0.1, 0.15) is 21.5 Å². The van der Waals surface area contributed by atoms with Crippen LogP contribution < -0.4 is 9.47 Å². The van der Waals surface area contributed by atoms with Gasteiger partial charge in [0, 0.05) is 16.7 Å². The van der Waals surface area contributed by atoms with Crippen molar-refractivity contribution in [2.75, 3.05) is 0 Å². The van der Waals surface area contributed by atoms with Crippen LogP contribution in [0.5, 0.6) is 11.5 Å². The van der Waals surface area contributed by atoms with Gasteiger partial charge >= 0.3 is 0 Å². The first-order chi connectivity index (χ1) is 13.5. The van der Waals surface area contributed by atoms with Crippen LogP contribution in [0, 0.1) is 5.82 Å². The Morgan fingerprint density at radius 2 is 1.82 bits per heavy atom. The minimum Gasteiger partial charge on any atom is -0.489 e. The monoisotopic (exact) mass is 414 g/mol. The summed E-state index contributed by atoms with van der Waals surface area (Å²) in [4.78, 5) is 12.5. The molecule has 0 radical (unpaired) electrons. The molecule has 1 aliphatic heterocycles. The SMILES string of the molecule is O=C1C(=Cc2ccc(Cl)cc2)Oc2cc(OCc3c(F)cccc3Cl)ccc21. The highest BCUT2D eigenvalue weighted by Crippen LogP contribution is 2.35. The number of hydrogen-bond acceptors (Lipinski definition) is 3. The molecular weight excluding hydrogens is 402 g/mol. The fourth-order valence-corrected chi connectivity index (χ4v) is 3.14. The molecule has 0 aromatic heterocycles. The second-order valence-electron chi connectivity index (χ2n) is 6.14. The minimum atomic E-state index is -0.437. The maximum absolute atomic E-state index is 13.9. The Morgan fingerprint density at radius 3 is 2.57 bits per heavy atom. The van der Waals surface area contributed by atoms with Crippen molar-refractivity contribution in [1.82, 2.24) is 0 Å². The van der Waals surface area contributed by atoms with Crippen molar-refractivity contribution >= 4 is 35.1 Å². The molecule has 3 aromatic carbocycles. The van der Waals surface area contributed by atoms with E-state index in [0.717, 1.165) is 5.56 Å². The van der Waals surface area contributed by atoms with Gasteiger partial charge in [0.1, 0.15) is 23.9 Å². The van der Waals surface area contributed by atoms with Crippen molar-refractivity contribution in [1.29, 1.82) is 0 Å². The number of fused-ring (bicyclic) bond motifs is 1. The van der Waals surface area contributed by atoms with Gasteiger partial charge in [-0.15, -0.1) is 0 Å². The summed E-state index contributed by atoms with van der Waals surface area (Å²) in [6.07, 6.45) is 1.65. The third kappa shape index (κ3) is 3.75. The first-order valence-electron chi connectivity index (χ1n) is 8.41. The highest BCUT2D eigenvalue weighted by atomic mass is 35.5. The van der Waals surface area contributed by atoms with Crippen molar-refractivity contribution in [3.63, 3.8) is 0 Å². The third-order valence-corrected chi connectivity index (χ3v) is 4.86. The number of halogens is 3. The summed E-state index contributed by atoms with van der Waals surface area (Å²) in [5.74, 6) is 0.398. The van der Waals surface area contributed by atoms with Crippen LogP contribution in [0.4, 0.5) is 4.39 Å². The Morgan fingerprint density at radius 1 is 1.04 bits per heavy atom. The van der Waals surface area contributed by atoms with Crippen molar-refractivity contribution in [2.45, 2.75) is 6.61 Å². The standard InChI is InChI=1S/C22H13Cl2FO3/c23-14-6-4-13(5-7-14)10-21-22(26)16-9-8-15(11-20(16)28-21)27-12-17-18(24)2-1-3-19(17)25/h1-11H,12H2. The second-order valence-corrected chi connectivity index (χ2v) is 6.98. The fraction of sp³-hybridized carbons (Fsp3) is 0.0455. The highest BCUT2D eigenvalue weighted by molar-refractivity contribution is 6.31. The van der Waals surface area contributed by atoms with Crippen molar-refractivity contribution in [3.05, 3.63) is 99.0 Å². The number of benzene rings is 3. The van der Waals surface area contributed by atoms with E-state index in [1.807, 2.05) is 0 Å². The number of allylic oxidation sites excluding steroid dienone is 1. The van der Waals surface area contributed by atoms with Gasteiger partial charge in [0.05, 0.1) is 10.6 Å². The van der Waals surface area contributed by atoms with E-state index < -0.39 is 5.82 Å². The van der Waals surface area contributed by atoms with Crippen molar-refractivity contribution < 1.29 is 18.7 Å². The number of ketones is 1. The predicted octanol–water partition coefficient (Wildman–Crippen LogP) is 6.33. The lowest BCUT2D eigenvalue weighted by atomic mass is 10.1. The maximum atomic E-state index is 13.9. The quantitative estimate of drug-likeness (QED) is 0.468. The Hall–Kier alpha value is -2.82. The molecule has 3 aromatic rings. The molecule has 6 heteroatoms. The van der Waals surface area contributed by atoms with E-state index in [1.54, 1.807) is 54.6 Å². The second kappa shape index (κ2) is 7.66. The van der Waals surface area contributed by atoms with Crippen molar-refractivity contribution in [3.8, 4) is 11.5 Å². The summed E-state index contributed by atoms with van der Waals surface area (Å²) in [7, 11) is 0. The molecule has 1 aliphatic rings. The molecule has 0 saturated heterocycles. The van der Waals surface area contributed by atoms with Crippen LogP contribution in [0.15, 0.2) is 66.4 Å². The summed E-state index contributed by atoms with van der Waals surface area (Å²) in [5, 5.41) is 0.904. The maximum Gasteiger partial charge on any atom is 0.231 e. The molecule has 0 fully saturated rings. The van der Waals surface area contributed by atoms with E-state index in [2.05, 4.69) is 0 Å². The smallest absolute Gasteiger partial charge is 0.231 e. The molecule has 0 atom stereocenters. The van der Waals surface area contributed by atoms with Gasteiger partial charge in [-0.25, -0.2) is 4.39 Å². The number of hydrogen-bond donors (Lipinski definition) is 0. The van der Waals surface area contributed by atoms with Gasteiger partial charge in [-0.3, -0.25) is 4.79 Å². The Kier molecular flexibility index (Phi) is 5.07. The largest absolute Gasteiger partial charge is 0.489 e. The zero-order valence-corrected chi connectivity index (χ0v) is 15.9. The lowest BCUT2D eigenvalue weighted by Crippen LogP contribution is -1.99. The van der Waals surface area contributed by atoms with Gasteiger partial charge in [-0.05, 0) is 48.0 Å². The molecule has 0 amide bonds. The normalized spacial score (nSPS) is 14.1. The number of ether oxygens (including phenoxy) is 2. The molecule has 4 rings (SSSR count). The first kappa shape index (κ1) is 18.5. The fourth-order valence-electron chi connectivity index (χ4n) is 2.79. The summed E-state index contributed by atoms with van der Waals surface area (Å²) in [6, 6.07) is 16.4. The molecule has 140 valence electrons. The highest BCUT2D eigenvalue weighted by Gasteiger charge is 2.27. The zero-order valence-electron chi connectivity index (χ0n) is 14.4.